The van der Waals surface area contributed by atoms with Crippen LogP contribution >= 0.6 is 0 Å². The first kappa shape index (κ1) is 32.7. The van der Waals surface area contributed by atoms with Crippen LogP contribution in [0.3, 0.4) is 0 Å². The van der Waals surface area contributed by atoms with E-state index >= 15 is 0 Å². The molecule has 0 aliphatic rings. The van der Waals surface area contributed by atoms with Gasteiger partial charge >= 0.3 is 0 Å². The van der Waals surface area contributed by atoms with Crippen molar-refractivity contribution >= 4 is 75.4 Å². The number of rotatable bonds is 4. The molecule has 12 aromatic rings. The van der Waals surface area contributed by atoms with Crippen molar-refractivity contribution in [2.24, 2.45) is 0 Å². The molecule has 0 aliphatic carbocycles. The van der Waals surface area contributed by atoms with Gasteiger partial charge in [-0.3, -0.25) is 0 Å². The van der Waals surface area contributed by atoms with Crippen molar-refractivity contribution in [3.8, 4) is 44.5 Å². The minimum Gasteiger partial charge on any atom is -0.0622 e. The largest absolute Gasteiger partial charge is 0.0622 e. The van der Waals surface area contributed by atoms with E-state index in [2.05, 4.69) is 218 Å². The number of benzene rings is 12. The van der Waals surface area contributed by atoms with Crippen LogP contribution in [0.15, 0.2) is 218 Å². The summed E-state index contributed by atoms with van der Waals surface area (Å²) >= 11 is 0. The maximum atomic E-state index is 2.44. The molecule has 12 rings (SSSR count). The number of fused-ring (bicyclic) bond motifs is 13. The van der Waals surface area contributed by atoms with Gasteiger partial charge < -0.3 is 0 Å². The van der Waals surface area contributed by atoms with Gasteiger partial charge in [0.1, 0.15) is 0 Å². The summed E-state index contributed by atoms with van der Waals surface area (Å²) in [4.78, 5) is 0. The predicted molar refractivity (Wildman–Crippen MR) is 251 cm³/mol. The van der Waals surface area contributed by atoms with E-state index in [-0.39, 0.29) is 0 Å². The van der Waals surface area contributed by atoms with Crippen LogP contribution in [0.2, 0.25) is 0 Å². The zero-order chi connectivity index (χ0) is 38.2. The Balaban J connectivity index is 1.07. The fraction of sp³-hybridized carbons (Fsp3) is 0. The van der Waals surface area contributed by atoms with E-state index in [0.29, 0.717) is 0 Å². The van der Waals surface area contributed by atoms with Gasteiger partial charge in [0.2, 0.25) is 0 Å². The summed E-state index contributed by atoms with van der Waals surface area (Å²) in [6.45, 7) is 0. The molecule has 268 valence electrons. The Bertz CT molecular complexity index is 3360. The van der Waals surface area contributed by atoms with Gasteiger partial charge in [-0.15, -0.1) is 0 Å². The van der Waals surface area contributed by atoms with Gasteiger partial charge in [0.05, 0.1) is 0 Å². The predicted octanol–water partition coefficient (Wildman–Crippen LogP) is 16.4. The molecule has 0 saturated carbocycles. The molecule has 0 amide bonds. The summed E-state index contributed by atoms with van der Waals surface area (Å²) in [6, 6.07) is 80.9. The Labute approximate surface area is 336 Å². The van der Waals surface area contributed by atoms with Crippen LogP contribution in [0.4, 0.5) is 0 Å². The highest BCUT2D eigenvalue weighted by Gasteiger charge is 2.18. The van der Waals surface area contributed by atoms with Crippen molar-refractivity contribution in [2.45, 2.75) is 0 Å². The second-order valence-electron chi connectivity index (χ2n) is 15.6. The van der Waals surface area contributed by atoms with Crippen molar-refractivity contribution in [1.29, 1.82) is 0 Å². The van der Waals surface area contributed by atoms with Crippen LogP contribution in [0, 0.1) is 0 Å². The zero-order valence-electron chi connectivity index (χ0n) is 31.8. The highest BCUT2D eigenvalue weighted by atomic mass is 14.2. The maximum Gasteiger partial charge on any atom is -0.00137 e. The summed E-state index contributed by atoms with van der Waals surface area (Å²) in [7, 11) is 0. The fourth-order valence-corrected chi connectivity index (χ4v) is 9.50. The minimum atomic E-state index is 1.22. The Hall–Kier alpha value is -7.54. The van der Waals surface area contributed by atoms with Crippen LogP contribution < -0.4 is 0 Å². The zero-order valence-corrected chi connectivity index (χ0v) is 31.8. The average molecular weight is 733 g/mol. The summed E-state index contributed by atoms with van der Waals surface area (Å²) in [5.74, 6) is 0. The molecule has 0 aromatic heterocycles. The Morgan fingerprint density at radius 1 is 0.155 bits per heavy atom. The molecule has 0 nitrogen and oxygen atoms in total. The van der Waals surface area contributed by atoms with Gasteiger partial charge in [-0.25, -0.2) is 0 Å². The van der Waals surface area contributed by atoms with Crippen LogP contribution in [-0.2, 0) is 0 Å². The van der Waals surface area contributed by atoms with Gasteiger partial charge in [-0.1, -0.05) is 182 Å². The standard InChI is InChI=1S/C58H36/c1-3-11-37(12-4-1)39-19-21-43-33-45(25-23-41(43)31-39)47-27-29-51-52-30-28-48(46-26-24-42-32-40(20-22-44(42)34-46)38-13-5-2-6-14-38)36-56(52)58-54-18-10-8-16-50(54)49-15-7-9-17-53(49)57(58)55(51)35-47/h1-36H. The third kappa shape index (κ3) is 5.23. The smallest absolute Gasteiger partial charge is 0.00137 e. The summed E-state index contributed by atoms with van der Waals surface area (Å²) in [6.07, 6.45) is 0. The third-order valence-electron chi connectivity index (χ3n) is 12.4. The molecule has 0 radical (unpaired) electrons. The summed E-state index contributed by atoms with van der Waals surface area (Å²) in [5, 5.41) is 17.9. The molecule has 58 heavy (non-hydrogen) atoms. The lowest BCUT2D eigenvalue weighted by molar-refractivity contribution is 1.64. The molecule has 0 fully saturated rings. The molecular formula is C58H36. The van der Waals surface area contributed by atoms with Crippen molar-refractivity contribution in [1.82, 2.24) is 0 Å². The minimum absolute atomic E-state index is 1.22. The third-order valence-corrected chi connectivity index (χ3v) is 12.4. The Morgan fingerprint density at radius 3 is 0.810 bits per heavy atom. The molecule has 12 aromatic carbocycles. The summed E-state index contributed by atoms with van der Waals surface area (Å²) < 4.78 is 0. The molecular weight excluding hydrogens is 697 g/mol. The molecule has 0 saturated heterocycles. The topological polar surface area (TPSA) is 0 Å². The van der Waals surface area contributed by atoms with Gasteiger partial charge in [0.15, 0.2) is 0 Å². The maximum absolute atomic E-state index is 2.44. The van der Waals surface area contributed by atoms with E-state index in [1.165, 1.54) is 120 Å². The summed E-state index contributed by atoms with van der Waals surface area (Å²) in [5.41, 5.74) is 9.86. The molecule has 0 heterocycles. The lowest BCUT2D eigenvalue weighted by Gasteiger charge is -2.18. The molecule has 0 spiro atoms. The first-order valence-corrected chi connectivity index (χ1v) is 20.2. The normalized spacial score (nSPS) is 11.8. The Kier molecular flexibility index (Phi) is 7.33. The lowest BCUT2D eigenvalue weighted by atomic mass is 9.85. The van der Waals surface area contributed by atoms with Gasteiger partial charge in [0.25, 0.3) is 0 Å². The van der Waals surface area contributed by atoms with Crippen molar-refractivity contribution in [2.75, 3.05) is 0 Å². The monoisotopic (exact) mass is 732 g/mol. The number of hydrogen-bond acceptors (Lipinski definition) is 0. The van der Waals surface area contributed by atoms with Crippen LogP contribution in [0.25, 0.3) is 120 Å². The SMILES string of the molecule is c1ccc(-c2ccc3cc(-c4ccc5c6ccc(-c7ccc8cc(-c9ccccc9)ccc8c7)cc6c6c7ccccc7c7ccccc7c6c5c4)ccc3c2)cc1. The van der Waals surface area contributed by atoms with Gasteiger partial charge in [0, 0.05) is 0 Å². The number of hydrogen-bond donors (Lipinski definition) is 0. The molecule has 0 bridgehead atoms. The van der Waals surface area contributed by atoms with E-state index < -0.39 is 0 Å². The first-order valence-electron chi connectivity index (χ1n) is 20.2. The van der Waals surface area contributed by atoms with Gasteiger partial charge in [-0.2, -0.15) is 0 Å². The molecule has 0 heteroatoms. The average Bonchev–Trinajstić information content (AvgIpc) is 3.31. The van der Waals surface area contributed by atoms with Crippen LogP contribution in [-0.4, -0.2) is 0 Å². The van der Waals surface area contributed by atoms with E-state index in [1.54, 1.807) is 0 Å². The molecule has 0 unspecified atom stereocenters. The van der Waals surface area contributed by atoms with E-state index in [0.717, 1.165) is 0 Å². The quantitative estimate of drug-likeness (QED) is 0.158. The van der Waals surface area contributed by atoms with Crippen molar-refractivity contribution in [3.05, 3.63) is 218 Å². The highest BCUT2D eigenvalue weighted by molar-refractivity contribution is 6.39. The van der Waals surface area contributed by atoms with Gasteiger partial charge in [-0.05, 0) is 156 Å². The Morgan fingerprint density at radius 2 is 0.431 bits per heavy atom. The van der Waals surface area contributed by atoms with E-state index in [9.17, 15) is 0 Å². The molecule has 0 atom stereocenters. The van der Waals surface area contributed by atoms with E-state index in [1.807, 2.05) is 0 Å². The van der Waals surface area contributed by atoms with Crippen LogP contribution in [0.5, 0.6) is 0 Å². The van der Waals surface area contributed by atoms with Crippen molar-refractivity contribution < 1.29 is 0 Å². The van der Waals surface area contributed by atoms with Crippen molar-refractivity contribution in [3.63, 3.8) is 0 Å². The molecule has 0 N–H and O–H groups in total. The second kappa shape index (κ2) is 13.0. The van der Waals surface area contributed by atoms with E-state index in [4.69, 9.17) is 0 Å². The highest BCUT2D eigenvalue weighted by Crippen LogP contribution is 2.46. The van der Waals surface area contributed by atoms with Crippen LogP contribution in [0.1, 0.15) is 0 Å². The second-order valence-corrected chi connectivity index (χ2v) is 15.6. The lowest BCUT2D eigenvalue weighted by Crippen LogP contribution is -1.90. The molecule has 0 aliphatic heterocycles. The fourth-order valence-electron chi connectivity index (χ4n) is 9.50. The first-order chi connectivity index (χ1) is 28.7.